The second-order valence-corrected chi connectivity index (χ2v) is 8.47. The first-order valence-electron chi connectivity index (χ1n) is 11.3. The van der Waals surface area contributed by atoms with Crippen molar-refractivity contribution in [3.05, 3.63) is 65.9 Å². The van der Waals surface area contributed by atoms with Gasteiger partial charge in [0.25, 0.3) is 0 Å². The topological polar surface area (TPSA) is 58.6 Å². The lowest BCUT2D eigenvalue weighted by Gasteiger charge is -2.32. The lowest BCUT2D eigenvalue weighted by atomic mass is 9.99. The van der Waals surface area contributed by atoms with E-state index >= 15 is 0 Å². The number of nitrogens with zero attached hydrogens (tertiary/aromatic N) is 4. The highest BCUT2D eigenvalue weighted by Gasteiger charge is 2.36. The molecule has 0 spiro atoms. The number of carbonyl (C=O) groups excluding carboxylic acids is 1. The van der Waals surface area contributed by atoms with E-state index in [9.17, 15) is 4.79 Å². The Bertz CT molecular complexity index is 1180. The van der Waals surface area contributed by atoms with E-state index in [2.05, 4.69) is 35.2 Å². The number of hydrogen-bond acceptors (Lipinski definition) is 5. The zero-order valence-electron chi connectivity index (χ0n) is 18.6. The standard InChI is InChI=1S/C26H28N4O2/c1-18-22-17-21(32-2)10-11-23(22)28-26(27-18)30-14-6-9-24(30)25(31)29-15-12-20(13-16-29)19-7-4-3-5-8-19/h3-5,7-8,10-12,17,24H,6,9,13-16H2,1-2H3. The summed E-state index contributed by atoms with van der Waals surface area (Å²) in [5, 5.41) is 0.977. The van der Waals surface area contributed by atoms with Gasteiger partial charge in [0, 0.05) is 25.0 Å². The minimum atomic E-state index is -0.197. The fraction of sp³-hybridized carbons (Fsp3) is 0.346. The number of aryl methyl sites for hydroxylation is 1. The molecule has 0 aliphatic carbocycles. The summed E-state index contributed by atoms with van der Waals surface area (Å²) in [7, 11) is 1.66. The van der Waals surface area contributed by atoms with E-state index in [0.717, 1.165) is 54.7 Å². The minimum Gasteiger partial charge on any atom is -0.497 e. The highest BCUT2D eigenvalue weighted by Crippen LogP contribution is 2.29. The maximum Gasteiger partial charge on any atom is 0.245 e. The van der Waals surface area contributed by atoms with Gasteiger partial charge >= 0.3 is 0 Å². The number of benzene rings is 2. The van der Waals surface area contributed by atoms with Crippen LogP contribution in [0.4, 0.5) is 5.95 Å². The lowest BCUT2D eigenvalue weighted by molar-refractivity contribution is -0.132. The van der Waals surface area contributed by atoms with Crippen LogP contribution in [0.1, 0.15) is 30.5 Å². The van der Waals surface area contributed by atoms with E-state index < -0.39 is 0 Å². The highest BCUT2D eigenvalue weighted by molar-refractivity contribution is 5.88. The lowest BCUT2D eigenvalue weighted by Crippen LogP contribution is -2.47. The van der Waals surface area contributed by atoms with Crippen LogP contribution in [0.5, 0.6) is 5.75 Å². The van der Waals surface area contributed by atoms with Gasteiger partial charge in [-0.1, -0.05) is 36.4 Å². The molecule has 5 rings (SSSR count). The fourth-order valence-corrected chi connectivity index (χ4v) is 4.76. The molecule has 0 N–H and O–H groups in total. The van der Waals surface area contributed by atoms with Crippen molar-refractivity contribution in [3.63, 3.8) is 0 Å². The molecule has 3 heterocycles. The Balaban J connectivity index is 1.36. The van der Waals surface area contributed by atoms with E-state index in [1.54, 1.807) is 7.11 Å². The quantitative estimate of drug-likeness (QED) is 0.622. The van der Waals surface area contributed by atoms with Crippen LogP contribution < -0.4 is 9.64 Å². The Morgan fingerprint density at radius 1 is 1.09 bits per heavy atom. The number of anilines is 1. The molecule has 1 saturated heterocycles. The van der Waals surface area contributed by atoms with E-state index in [4.69, 9.17) is 14.7 Å². The SMILES string of the molecule is COc1ccc2nc(N3CCCC3C(=O)N3CC=C(c4ccccc4)CC3)nc(C)c2c1. The molecule has 1 amide bonds. The van der Waals surface area contributed by atoms with E-state index in [-0.39, 0.29) is 11.9 Å². The summed E-state index contributed by atoms with van der Waals surface area (Å²) in [6.45, 7) is 4.20. The smallest absolute Gasteiger partial charge is 0.245 e. The highest BCUT2D eigenvalue weighted by atomic mass is 16.5. The molecule has 0 radical (unpaired) electrons. The fourth-order valence-electron chi connectivity index (χ4n) is 4.76. The number of hydrogen-bond donors (Lipinski definition) is 0. The summed E-state index contributed by atoms with van der Waals surface area (Å²) < 4.78 is 5.34. The Labute approximate surface area is 188 Å². The van der Waals surface area contributed by atoms with E-state index in [1.165, 1.54) is 11.1 Å². The van der Waals surface area contributed by atoms with Crippen molar-refractivity contribution >= 4 is 28.3 Å². The van der Waals surface area contributed by atoms with Crippen molar-refractivity contribution < 1.29 is 9.53 Å². The van der Waals surface area contributed by atoms with Crippen LogP contribution in [0.15, 0.2) is 54.6 Å². The number of methoxy groups -OCH3 is 1. The van der Waals surface area contributed by atoms with Gasteiger partial charge in [-0.3, -0.25) is 4.79 Å². The van der Waals surface area contributed by atoms with Gasteiger partial charge in [0.05, 0.1) is 18.3 Å². The number of amides is 1. The Hall–Kier alpha value is -3.41. The predicted octanol–water partition coefficient (Wildman–Crippen LogP) is 4.23. The Kier molecular flexibility index (Phi) is 5.52. The van der Waals surface area contributed by atoms with Crippen molar-refractivity contribution in [2.24, 2.45) is 0 Å². The van der Waals surface area contributed by atoms with Crippen molar-refractivity contribution in [3.8, 4) is 5.75 Å². The van der Waals surface area contributed by atoms with E-state index in [1.807, 2.05) is 36.1 Å². The van der Waals surface area contributed by atoms with Crippen molar-refractivity contribution in [1.82, 2.24) is 14.9 Å². The van der Waals surface area contributed by atoms with Crippen LogP contribution in [-0.2, 0) is 4.79 Å². The van der Waals surface area contributed by atoms with Crippen LogP contribution in [-0.4, -0.2) is 53.6 Å². The molecule has 1 atom stereocenters. The molecule has 1 aromatic heterocycles. The number of fused-ring (bicyclic) bond motifs is 1. The largest absolute Gasteiger partial charge is 0.497 e. The molecule has 32 heavy (non-hydrogen) atoms. The maximum atomic E-state index is 13.4. The van der Waals surface area contributed by atoms with Crippen LogP contribution in [0.2, 0.25) is 0 Å². The van der Waals surface area contributed by atoms with Gasteiger partial charge in [-0.2, -0.15) is 0 Å². The Morgan fingerprint density at radius 3 is 2.69 bits per heavy atom. The van der Waals surface area contributed by atoms with Crippen LogP contribution >= 0.6 is 0 Å². The normalized spacial score (nSPS) is 18.7. The first-order valence-corrected chi connectivity index (χ1v) is 11.3. The molecule has 1 fully saturated rings. The molecular weight excluding hydrogens is 400 g/mol. The maximum absolute atomic E-state index is 13.4. The number of ether oxygens (including phenoxy) is 1. The molecule has 2 aliphatic heterocycles. The number of carbonyl (C=O) groups is 1. The summed E-state index contributed by atoms with van der Waals surface area (Å²) >= 11 is 0. The number of aromatic nitrogens is 2. The van der Waals surface area contributed by atoms with Crippen molar-refractivity contribution in [1.29, 1.82) is 0 Å². The van der Waals surface area contributed by atoms with Gasteiger partial charge in [-0.25, -0.2) is 9.97 Å². The molecule has 2 aromatic carbocycles. The van der Waals surface area contributed by atoms with Gasteiger partial charge < -0.3 is 14.5 Å². The zero-order chi connectivity index (χ0) is 22.1. The van der Waals surface area contributed by atoms with Gasteiger partial charge in [0.2, 0.25) is 11.9 Å². The summed E-state index contributed by atoms with van der Waals surface area (Å²) in [6, 6.07) is 16.1. The minimum absolute atomic E-state index is 0.182. The average molecular weight is 429 g/mol. The zero-order valence-corrected chi connectivity index (χ0v) is 18.6. The van der Waals surface area contributed by atoms with Gasteiger partial charge in [0.15, 0.2) is 0 Å². The summed E-state index contributed by atoms with van der Waals surface area (Å²) in [5.41, 5.74) is 4.34. The van der Waals surface area contributed by atoms with Crippen molar-refractivity contribution in [2.45, 2.75) is 32.2 Å². The monoisotopic (exact) mass is 428 g/mol. The summed E-state index contributed by atoms with van der Waals surface area (Å²) in [6.07, 6.45) is 4.89. The van der Waals surface area contributed by atoms with Crippen LogP contribution in [0.25, 0.3) is 16.5 Å². The van der Waals surface area contributed by atoms with Gasteiger partial charge in [-0.15, -0.1) is 0 Å². The molecule has 6 heteroatoms. The second kappa shape index (κ2) is 8.61. The van der Waals surface area contributed by atoms with Gasteiger partial charge in [0.1, 0.15) is 11.8 Å². The third kappa shape index (κ3) is 3.81. The predicted molar refractivity (Wildman–Crippen MR) is 127 cm³/mol. The van der Waals surface area contributed by atoms with E-state index in [0.29, 0.717) is 12.5 Å². The second-order valence-electron chi connectivity index (χ2n) is 8.47. The Morgan fingerprint density at radius 2 is 1.94 bits per heavy atom. The molecule has 0 bridgehead atoms. The van der Waals surface area contributed by atoms with Crippen molar-refractivity contribution in [2.75, 3.05) is 31.6 Å². The molecule has 1 unspecified atom stereocenters. The summed E-state index contributed by atoms with van der Waals surface area (Å²) in [4.78, 5) is 27.1. The molecule has 2 aliphatic rings. The molecule has 6 nitrogen and oxygen atoms in total. The molecular formula is C26H28N4O2. The first kappa shape index (κ1) is 20.5. The number of rotatable bonds is 4. The summed E-state index contributed by atoms with van der Waals surface area (Å²) in [5.74, 6) is 1.62. The third-order valence-corrected chi connectivity index (χ3v) is 6.54. The third-order valence-electron chi connectivity index (χ3n) is 6.54. The van der Waals surface area contributed by atoms with Crippen LogP contribution in [0, 0.1) is 6.92 Å². The average Bonchev–Trinajstić information content (AvgIpc) is 3.34. The molecule has 3 aromatic rings. The first-order chi connectivity index (χ1) is 15.6. The molecule has 0 saturated carbocycles. The molecule has 164 valence electrons. The van der Waals surface area contributed by atoms with Crippen LogP contribution in [0.3, 0.4) is 0 Å². The van der Waals surface area contributed by atoms with Gasteiger partial charge in [-0.05, 0) is 55.5 Å².